The normalized spacial score (nSPS) is 25.8. The lowest BCUT2D eigenvalue weighted by Gasteiger charge is -2.39. The second-order valence-electron chi connectivity index (χ2n) is 4.53. The molecule has 2 atom stereocenters. The summed E-state index contributed by atoms with van der Waals surface area (Å²) in [6, 6.07) is 7.94. The summed E-state index contributed by atoms with van der Waals surface area (Å²) in [5.41, 5.74) is 1.00. The Hall–Kier alpha value is -1.09. The first-order valence-electron chi connectivity index (χ1n) is 5.90. The van der Waals surface area contributed by atoms with E-state index in [0.717, 1.165) is 25.1 Å². The Kier molecular flexibility index (Phi) is 3.44. The van der Waals surface area contributed by atoms with E-state index in [1.165, 1.54) is 6.07 Å². The largest absolute Gasteiger partial charge is 0.369 e. The molecular formula is C13H19FN2. The standard InChI is InChI=1S/C13H19FN2/c1-10-8-12(15-2)6-7-16(10)13-5-3-4-11(14)9-13/h3-5,9-10,12,15H,6-8H2,1-2H3. The van der Waals surface area contributed by atoms with E-state index in [9.17, 15) is 4.39 Å². The maximum atomic E-state index is 13.2. The fourth-order valence-corrected chi connectivity index (χ4v) is 2.47. The van der Waals surface area contributed by atoms with Crippen LogP contribution in [0.25, 0.3) is 0 Å². The molecule has 2 unspecified atom stereocenters. The Balaban J connectivity index is 2.11. The van der Waals surface area contributed by atoms with Gasteiger partial charge in [-0.15, -0.1) is 0 Å². The van der Waals surface area contributed by atoms with Crippen molar-refractivity contribution in [3.05, 3.63) is 30.1 Å². The summed E-state index contributed by atoms with van der Waals surface area (Å²) in [5.74, 6) is -0.152. The SMILES string of the molecule is CNC1CCN(c2cccc(F)c2)C(C)C1. The molecule has 16 heavy (non-hydrogen) atoms. The van der Waals surface area contributed by atoms with Crippen LogP contribution in [0.2, 0.25) is 0 Å². The molecule has 0 aromatic heterocycles. The van der Waals surface area contributed by atoms with Gasteiger partial charge < -0.3 is 10.2 Å². The monoisotopic (exact) mass is 222 g/mol. The first-order valence-corrected chi connectivity index (χ1v) is 5.90. The van der Waals surface area contributed by atoms with Crippen LogP contribution in [-0.4, -0.2) is 25.7 Å². The fourth-order valence-electron chi connectivity index (χ4n) is 2.47. The Morgan fingerprint density at radius 2 is 2.25 bits per heavy atom. The van der Waals surface area contributed by atoms with Gasteiger partial charge >= 0.3 is 0 Å². The van der Waals surface area contributed by atoms with E-state index in [-0.39, 0.29) is 5.82 Å². The molecular weight excluding hydrogens is 203 g/mol. The zero-order valence-electron chi connectivity index (χ0n) is 9.91. The topological polar surface area (TPSA) is 15.3 Å². The Morgan fingerprint density at radius 3 is 2.88 bits per heavy atom. The van der Waals surface area contributed by atoms with Crippen LogP contribution in [0.15, 0.2) is 24.3 Å². The zero-order chi connectivity index (χ0) is 11.5. The summed E-state index contributed by atoms with van der Waals surface area (Å²) in [6.45, 7) is 3.20. The molecule has 88 valence electrons. The first kappa shape index (κ1) is 11.4. The molecule has 1 fully saturated rings. The van der Waals surface area contributed by atoms with Crippen molar-refractivity contribution in [1.29, 1.82) is 0 Å². The lowest BCUT2D eigenvalue weighted by molar-refractivity contribution is 0.387. The summed E-state index contributed by atoms with van der Waals surface area (Å²) in [4.78, 5) is 2.29. The Labute approximate surface area is 96.5 Å². The molecule has 0 bridgehead atoms. The second kappa shape index (κ2) is 4.83. The van der Waals surface area contributed by atoms with Gasteiger partial charge in [0.2, 0.25) is 0 Å². The van der Waals surface area contributed by atoms with Crippen molar-refractivity contribution in [3.63, 3.8) is 0 Å². The molecule has 2 nitrogen and oxygen atoms in total. The molecule has 1 heterocycles. The van der Waals surface area contributed by atoms with Crippen LogP contribution in [-0.2, 0) is 0 Å². The van der Waals surface area contributed by atoms with Gasteiger partial charge in [0, 0.05) is 24.3 Å². The van der Waals surface area contributed by atoms with E-state index < -0.39 is 0 Å². The number of benzene rings is 1. The fraction of sp³-hybridized carbons (Fsp3) is 0.538. The number of nitrogens with one attached hydrogen (secondary N) is 1. The van der Waals surface area contributed by atoms with Crippen molar-refractivity contribution in [2.24, 2.45) is 0 Å². The van der Waals surface area contributed by atoms with Crippen molar-refractivity contribution in [3.8, 4) is 0 Å². The Bertz CT molecular complexity index is 354. The van der Waals surface area contributed by atoms with E-state index in [4.69, 9.17) is 0 Å². The van der Waals surface area contributed by atoms with E-state index >= 15 is 0 Å². The molecule has 2 rings (SSSR count). The molecule has 1 aliphatic heterocycles. The van der Waals surface area contributed by atoms with E-state index in [0.29, 0.717) is 12.1 Å². The lowest BCUT2D eigenvalue weighted by Crippen LogP contribution is -2.46. The number of anilines is 1. The highest BCUT2D eigenvalue weighted by molar-refractivity contribution is 5.47. The third-order valence-electron chi connectivity index (χ3n) is 3.42. The molecule has 0 saturated carbocycles. The molecule has 1 aromatic carbocycles. The van der Waals surface area contributed by atoms with Crippen molar-refractivity contribution in [2.75, 3.05) is 18.5 Å². The average Bonchev–Trinajstić information content (AvgIpc) is 2.28. The Morgan fingerprint density at radius 1 is 1.44 bits per heavy atom. The van der Waals surface area contributed by atoms with Crippen LogP contribution < -0.4 is 10.2 Å². The van der Waals surface area contributed by atoms with Crippen LogP contribution in [0.5, 0.6) is 0 Å². The zero-order valence-corrected chi connectivity index (χ0v) is 9.91. The van der Waals surface area contributed by atoms with Crippen LogP contribution >= 0.6 is 0 Å². The summed E-state index contributed by atoms with van der Waals surface area (Å²) >= 11 is 0. The van der Waals surface area contributed by atoms with Gasteiger partial charge in [-0.2, -0.15) is 0 Å². The number of nitrogens with zero attached hydrogens (tertiary/aromatic N) is 1. The minimum Gasteiger partial charge on any atom is -0.369 e. The highest BCUT2D eigenvalue weighted by atomic mass is 19.1. The molecule has 0 spiro atoms. The minimum absolute atomic E-state index is 0.152. The second-order valence-corrected chi connectivity index (χ2v) is 4.53. The quantitative estimate of drug-likeness (QED) is 0.826. The predicted octanol–water partition coefficient (Wildman–Crippen LogP) is 2.40. The molecule has 1 saturated heterocycles. The minimum atomic E-state index is -0.152. The predicted molar refractivity (Wildman–Crippen MR) is 65.3 cm³/mol. The van der Waals surface area contributed by atoms with Gasteiger partial charge in [0.25, 0.3) is 0 Å². The van der Waals surface area contributed by atoms with Crippen molar-refractivity contribution < 1.29 is 4.39 Å². The third kappa shape index (κ3) is 2.35. The van der Waals surface area contributed by atoms with Gasteiger partial charge in [-0.05, 0) is 45.0 Å². The van der Waals surface area contributed by atoms with Gasteiger partial charge in [0.1, 0.15) is 5.82 Å². The molecule has 0 aliphatic carbocycles. The summed E-state index contributed by atoms with van der Waals surface area (Å²) in [5, 5.41) is 3.32. The molecule has 1 N–H and O–H groups in total. The molecule has 0 amide bonds. The first-order chi connectivity index (χ1) is 7.70. The van der Waals surface area contributed by atoms with Gasteiger partial charge in [0.15, 0.2) is 0 Å². The van der Waals surface area contributed by atoms with E-state index in [1.54, 1.807) is 12.1 Å². The smallest absolute Gasteiger partial charge is 0.125 e. The highest BCUT2D eigenvalue weighted by Crippen LogP contribution is 2.25. The van der Waals surface area contributed by atoms with Gasteiger partial charge in [-0.25, -0.2) is 4.39 Å². The summed E-state index contributed by atoms with van der Waals surface area (Å²) in [6.07, 6.45) is 2.24. The van der Waals surface area contributed by atoms with Crippen LogP contribution in [0, 0.1) is 5.82 Å². The number of halogens is 1. The van der Waals surface area contributed by atoms with Gasteiger partial charge in [-0.1, -0.05) is 6.07 Å². The average molecular weight is 222 g/mol. The summed E-state index contributed by atoms with van der Waals surface area (Å²) in [7, 11) is 2.01. The maximum Gasteiger partial charge on any atom is 0.125 e. The van der Waals surface area contributed by atoms with Gasteiger partial charge in [0.05, 0.1) is 0 Å². The van der Waals surface area contributed by atoms with E-state index in [1.807, 2.05) is 13.1 Å². The maximum absolute atomic E-state index is 13.2. The van der Waals surface area contributed by atoms with Crippen molar-refractivity contribution >= 4 is 5.69 Å². The van der Waals surface area contributed by atoms with Crippen LogP contribution in [0.1, 0.15) is 19.8 Å². The highest BCUT2D eigenvalue weighted by Gasteiger charge is 2.24. The third-order valence-corrected chi connectivity index (χ3v) is 3.42. The number of hydrogen-bond donors (Lipinski definition) is 1. The lowest BCUT2D eigenvalue weighted by atomic mass is 9.98. The number of piperidine rings is 1. The van der Waals surface area contributed by atoms with Crippen LogP contribution in [0.3, 0.4) is 0 Å². The van der Waals surface area contributed by atoms with Crippen molar-refractivity contribution in [2.45, 2.75) is 31.8 Å². The molecule has 1 aliphatic rings. The number of rotatable bonds is 2. The molecule has 3 heteroatoms. The summed E-state index contributed by atoms with van der Waals surface area (Å²) < 4.78 is 13.2. The molecule has 1 aromatic rings. The van der Waals surface area contributed by atoms with Crippen molar-refractivity contribution in [1.82, 2.24) is 5.32 Å². The van der Waals surface area contributed by atoms with Crippen LogP contribution in [0.4, 0.5) is 10.1 Å². The molecule has 0 radical (unpaired) electrons. The van der Waals surface area contributed by atoms with E-state index in [2.05, 4.69) is 17.1 Å². The number of hydrogen-bond acceptors (Lipinski definition) is 2. The van der Waals surface area contributed by atoms with Gasteiger partial charge in [-0.3, -0.25) is 0 Å².